The van der Waals surface area contributed by atoms with Crippen molar-refractivity contribution in [2.24, 2.45) is 0 Å². The van der Waals surface area contributed by atoms with E-state index in [2.05, 4.69) is 50.0 Å². The summed E-state index contributed by atoms with van der Waals surface area (Å²) in [6.07, 6.45) is 1.09. The molecule has 0 bridgehead atoms. The molecule has 114 valence electrons. The number of rotatable bonds is 8. The lowest BCUT2D eigenvalue weighted by Crippen LogP contribution is -2.28. The molecule has 1 unspecified atom stereocenters. The van der Waals surface area contributed by atoms with Crippen molar-refractivity contribution < 1.29 is 4.74 Å². The number of methoxy groups -OCH3 is 1. The molecule has 0 saturated carbocycles. The minimum atomic E-state index is 0.338. The average Bonchev–Trinajstić information content (AvgIpc) is 2.47. The van der Waals surface area contributed by atoms with Crippen molar-refractivity contribution >= 4 is 0 Å². The summed E-state index contributed by atoms with van der Waals surface area (Å²) >= 11 is 0. The summed E-state index contributed by atoms with van der Waals surface area (Å²) in [6, 6.07) is 4.73. The zero-order valence-corrected chi connectivity index (χ0v) is 13.9. The maximum absolute atomic E-state index is 5.65. The molecule has 0 heterocycles. The summed E-state index contributed by atoms with van der Waals surface area (Å²) < 4.78 is 5.65. The predicted octanol–water partition coefficient (Wildman–Crippen LogP) is 3.30. The minimum absolute atomic E-state index is 0.338. The molecule has 1 aromatic carbocycles. The average molecular weight is 278 g/mol. The van der Waals surface area contributed by atoms with Gasteiger partial charge < -0.3 is 15.0 Å². The molecule has 1 rings (SSSR count). The van der Waals surface area contributed by atoms with Crippen molar-refractivity contribution in [2.75, 3.05) is 33.8 Å². The minimum Gasteiger partial charge on any atom is -0.496 e. The fourth-order valence-corrected chi connectivity index (χ4v) is 2.66. The van der Waals surface area contributed by atoms with E-state index in [-0.39, 0.29) is 0 Å². The van der Waals surface area contributed by atoms with E-state index < -0.39 is 0 Å². The lowest BCUT2D eigenvalue weighted by Gasteiger charge is -2.25. The Kier molecular flexibility index (Phi) is 7.03. The molecule has 0 aliphatic heterocycles. The third-order valence-electron chi connectivity index (χ3n) is 4.26. The van der Waals surface area contributed by atoms with Gasteiger partial charge in [0, 0.05) is 11.6 Å². The van der Waals surface area contributed by atoms with Crippen molar-refractivity contribution in [1.29, 1.82) is 0 Å². The Balaban J connectivity index is 2.92. The van der Waals surface area contributed by atoms with Gasteiger partial charge in [0.1, 0.15) is 5.75 Å². The molecule has 3 heteroatoms. The Labute approximate surface area is 124 Å². The highest BCUT2D eigenvalue weighted by molar-refractivity contribution is 5.46. The zero-order valence-electron chi connectivity index (χ0n) is 13.9. The van der Waals surface area contributed by atoms with Crippen LogP contribution in [0.4, 0.5) is 0 Å². The lowest BCUT2D eigenvalue weighted by molar-refractivity contribution is 0.282. The first-order valence-corrected chi connectivity index (χ1v) is 7.62. The number of nitrogens with one attached hydrogen (secondary N) is 1. The van der Waals surface area contributed by atoms with E-state index in [1.165, 1.54) is 16.7 Å². The maximum Gasteiger partial charge on any atom is 0.126 e. The van der Waals surface area contributed by atoms with Crippen LogP contribution in [0, 0.1) is 13.8 Å². The van der Waals surface area contributed by atoms with Crippen molar-refractivity contribution in [1.82, 2.24) is 10.2 Å². The molecule has 1 atom stereocenters. The van der Waals surface area contributed by atoms with Gasteiger partial charge in [-0.25, -0.2) is 0 Å². The first-order chi connectivity index (χ1) is 9.58. The summed E-state index contributed by atoms with van der Waals surface area (Å²) in [4.78, 5) is 2.46. The van der Waals surface area contributed by atoms with Crippen molar-refractivity contribution in [3.05, 3.63) is 28.8 Å². The molecule has 0 amide bonds. The molecule has 0 spiro atoms. The number of aryl methyl sites for hydroxylation is 1. The van der Waals surface area contributed by atoms with Crippen LogP contribution >= 0.6 is 0 Å². The monoisotopic (exact) mass is 278 g/mol. The van der Waals surface area contributed by atoms with Crippen LogP contribution in [0.25, 0.3) is 0 Å². The molecule has 0 fully saturated rings. The van der Waals surface area contributed by atoms with Crippen molar-refractivity contribution in [3.8, 4) is 5.75 Å². The zero-order chi connectivity index (χ0) is 15.1. The summed E-state index contributed by atoms with van der Waals surface area (Å²) in [6.45, 7) is 12.0. The van der Waals surface area contributed by atoms with E-state index in [4.69, 9.17) is 4.74 Å². The second-order valence-corrected chi connectivity index (χ2v) is 5.29. The van der Waals surface area contributed by atoms with Crippen LogP contribution < -0.4 is 10.1 Å². The van der Waals surface area contributed by atoms with Gasteiger partial charge in [-0.15, -0.1) is 0 Å². The molecule has 0 aliphatic carbocycles. The number of ether oxygens (including phenoxy) is 1. The van der Waals surface area contributed by atoms with Gasteiger partial charge in [-0.3, -0.25) is 0 Å². The predicted molar refractivity (Wildman–Crippen MR) is 86.7 cm³/mol. The van der Waals surface area contributed by atoms with Gasteiger partial charge in [-0.05, 0) is 58.1 Å². The van der Waals surface area contributed by atoms with Gasteiger partial charge in [0.05, 0.1) is 7.11 Å². The van der Waals surface area contributed by atoms with Gasteiger partial charge >= 0.3 is 0 Å². The molecular formula is C17H30N2O. The van der Waals surface area contributed by atoms with E-state index in [9.17, 15) is 0 Å². The summed E-state index contributed by atoms with van der Waals surface area (Å²) in [5.74, 6) is 1.03. The van der Waals surface area contributed by atoms with Crippen LogP contribution in [-0.4, -0.2) is 38.7 Å². The Morgan fingerprint density at radius 3 is 2.35 bits per heavy atom. The van der Waals surface area contributed by atoms with Crippen LogP contribution in [0.1, 0.15) is 43.0 Å². The third-order valence-corrected chi connectivity index (χ3v) is 4.26. The van der Waals surface area contributed by atoms with E-state index in [1.807, 2.05) is 7.05 Å². The summed E-state index contributed by atoms with van der Waals surface area (Å²) in [7, 11) is 3.80. The normalized spacial score (nSPS) is 12.8. The van der Waals surface area contributed by atoms with E-state index >= 15 is 0 Å². The quantitative estimate of drug-likeness (QED) is 0.789. The fraction of sp³-hybridized carbons (Fsp3) is 0.647. The van der Waals surface area contributed by atoms with E-state index in [0.29, 0.717) is 6.04 Å². The number of hydrogen-bond acceptors (Lipinski definition) is 3. The SMILES string of the molecule is CCN(CC)CCC(NC)c1ccc(C)c(C)c1OC. The summed E-state index contributed by atoms with van der Waals surface area (Å²) in [5, 5.41) is 3.44. The molecule has 1 N–H and O–H groups in total. The summed E-state index contributed by atoms with van der Waals surface area (Å²) in [5.41, 5.74) is 3.79. The highest BCUT2D eigenvalue weighted by atomic mass is 16.5. The molecule has 0 aromatic heterocycles. The molecule has 20 heavy (non-hydrogen) atoms. The third kappa shape index (κ3) is 3.97. The van der Waals surface area contributed by atoms with Crippen molar-refractivity contribution in [3.63, 3.8) is 0 Å². The lowest BCUT2D eigenvalue weighted by atomic mass is 9.97. The molecule has 0 saturated heterocycles. The first-order valence-electron chi connectivity index (χ1n) is 7.62. The molecule has 3 nitrogen and oxygen atoms in total. The van der Waals surface area contributed by atoms with E-state index in [0.717, 1.165) is 31.8 Å². The number of hydrogen-bond donors (Lipinski definition) is 1. The number of nitrogens with zero attached hydrogens (tertiary/aromatic N) is 1. The second kappa shape index (κ2) is 8.28. The Hall–Kier alpha value is -1.06. The standard InChI is InChI=1S/C17H30N2O/c1-7-19(8-2)12-11-16(18-5)15-10-9-13(3)14(4)17(15)20-6/h9-10,16,18H,7-8,11-12H2,1-6H3. The van der Waals surface area contributed by atoms with Gasteiger partial charge in [0.25, 0.3) is 0 Å². The highest BCUT2D eigenvalue weighted by Crippen LogP contribution is 2.32. The first kappa shape index (κ1) is 17.0. The van der Waals surface area contributed by atoms with Crippen LogP contribution in [0.5, 0.6) is 5.75 Å². The van der Waals surface area contributed by atoms with Gasteiger partial charge in [0.2, 0.25) is 0 Å². The second-order valence-electron chi connectivity index (χ2n) is 5.29. The Morgan fingerprint density at radius 2 is 1.85 bits per heavy atom. The maximum atomic E-state index is 5.65. The Morgan fingerprint density at radius 1 is 1.20 bits per heavy atom. The van der Waals surface area contributed by atoms with Gasteiger partial charge in [-0.2, -0.15) is 0 Å². The van der Waals surface area contributed by atoms with Crippen molar-refractivity contribution in [2.45, 2.75) is 40.2 Å². The fourth-order valence-electron chi connectivity index (χ4n) is 2.66. The van der Waals surface area contributed by atoms with Crippen LogP contribution in [0.15, 0.2) is 12.1 Å². The topological polar surface area (TPSA) is 24.5 Å². The van der Waals surface area contributed by atoms with E-state index in [1.54, 1.807) is 7.11 Å². The Bertz CT molecular complexity index is 414. The van der Waals surface area contributed by atoms with Gasteiger partial charge in [-0.1, -0.05) is 26.0 Å². The molecule has 1 aromatic rings. The molecule has 0 aliphatic rings. The smallest absolute Gasteiger partial charge is 0.126 e. The molecular weight excluding hydrogens is 248 g/mol. The van der Waals surface area contributed by atoms with Gasteiger partial charge in [0.15, 0.2) is 0 Å². The molecule has 0 radical (unpaired) electrons. The largest absolute Gasteiger partial charge is 0.496 e. The van der Waals surface area contributed by atoms with Crippen LogP contribution in [0.2, 0.25) is 0 Å². The highest BCUT2D eigenvalue weighted by Gasteiger charge is 2.17. The van der Waals surface area contributed by atoms with Crippen LogP contribution in [0.3, 0.4) is 0 Å². The van der Waals surface area contributed by atoms with Crippen LogP contribution in [-0.2, 0) is 0 Å². The number of benzene rings is 1.